The molecule has 2 aliphatic carbocycles. The van der Waals surface area contributed by atoms with Gasteiger partial charge in [0.2, 0.25) is 5.95 Å². The van der Waals surface area contributed by atoms with Gasteiger partial charge < -0.3 is 9.88 Å². The third-order valence-electron chi connectivity index (χ3n) is 4.29. The van der Waals surface area contributed by atoms with Crippen LogP contribution in [0.4, 0.5) is 5.95 Å². The van der Waals surface area contributed by atoms with E-state index in [1.807, 2.05) is 6.20 Å². The number of aryl methyl sites for hydroxylation is 1. The zero-order chi connectivity index (χ0) is 12.7. The van der Waals surface area contributed by atoms with E-state index in [4.69, 9.17) is 0 Å². The second-order valence-electron chi connectivity index (χ2n) is 5.74. The van der Waals surface area contributed by atoms with Crippen molar-refractivity contribution in [2.24, 2.45) is 0 Å². The van der Waals surface area contributed by atoms with Crippen molar-refractivity contribution in [2.75, 3.05) is 5.32 Å². The van der Waals surface area contributed by atoms with Gasteiger partial charge in [-0.15, -0.1) is 0 Å². The third-order valence-corrected chi connectivity index (χ3v) is 4.29. The Morgan fingerprint density at radius 1 is 1.11 bits per heavy atom. The lowest BCUT2D eigenvalue weighted by Gasteiger charge is -2.26. The van der Waals surface area contributed by atoms with Crippen LogP contribution in [0.15, 0.2) is 36.7 Å². The van der Waals surface area contributed by atoms with Gasteiger partial charge in [0, 0.05) is 24.5 Å². The van der Waals surface area contributed by atoms with E-state index in [2.05, 4.69) is 45.3 Å². The molecule has 4 rings (SSSR count). The molecule has 98 valence electrons. The molecule has 1 saturated carbocycles. The third kappa shape index (κ3) is 2.14. The Morgan fingerprint density at radius 2 is 1.95 bits per heavy atom. The highest BCUT2D eigenvalue weighted by Gasteiger charge is 2.27. The van der Waals surface area contributed by atoms with E-state index in [1.165, 1.54) is 36.8 Å². The summed E-state index contributed by atoms with van der Waals surface area (Å²) in [5, 5.41) is 3.64. The Labute approximate surface area is 113 Å². The van der Waals surface area contributed by atoms with E-state index in [1.54, 1.807) is 0 Å². The molecule has 1 unspecified atom stereocenters. The Balaban J connectivity index is 1.51. The fraction of sp³-hybridized carbons (Fsp3) is 0.438. The van der Waals surface area contributed by atoms with Crippen LogP contribution in [0, 0.1) is 0 Å². The van der Waals surface area contributed by atoms with Gasteiger partial charge >= 0.3 is 0 Å². The number of imidazole rings is 1. The molecule has 2 aromatic rings. The van der Waals surface area contributed by atoms with Crippen LogP contribution in [0.3, 0.4) is 0 Å². The first-order chi connectivity index (χ1) is 9.40. The summed E-state index contributed by atoms with van der Waals surface area (Å²) >= 11 is 0. The van der Waals surface area contributed by atoms with Crippen LogP contribution in [-0.2, 0) is 12.8 Å². The summed E-state index contributed by atoms with van der Waals surface area (Å²) in [7, 11) is 0. The van der Waals surface area contributed by atoms with Gasteiger partial charge in [0.05, 0.1) is 0 Å². The molecule has 1 N–H and O–H groups in total. The van der Waals surface area contributed by atoms with Crippen LogP contribution in [-0.4, -0.2) is 15.6 Å². The summed E-state index contributed by atoms with van der Waals surface area (Å²) in [5.41, 5.74) is 3.02. The van der Waals surface area contributed by atoms with Crippen molar-refractivity contribution in [1.29, 1.82) is 0 Å². The van der Waals surface area contributed by atoms with Gasteiger partial charge in [0.15, 0.2) is 0 Å². The van der Waals surface area contributed by atoms with Gasteiger partial charge in [-0.25, -0.2) is 4.98 Å². The van der Waals surface area contributed by atoms with Crippen LogP contribution in [0.25, 0.3) is 0 Å². The molecule has 2 aliphatic rings. The Bertz CT molecular complexity index is 583. The van der Waals surface area contributed by atoms with E-state index < -0.39 is 0 Å². The van der Waals surface area contributed by atoms with E-state index in [0.717, 1.165) is 12.4 Å². The van der Waals surface area contributed by atoms with Crippen LogP contribution in [0.5, 0.6) is 0 Å². The molecule has 19 heavy (non-hydrogen) atoms. The molecule has 0 saturated heterocycles. The molecule has 0 amide bonds. The highest BCUT2D eigenvalue weighted by Crippen LogP contribution is 2.37. The quantitative estimate of drug-likeness (QED) is 0.910. The maximum atomic E-state index is 4.48. The molecule has 0 radical (unpaired) electrons. The second-order valence-corrected chi connectivity index (χ2v) is 5.74. The molecule has 1 aromatic carbocycles. The zero-order valence-electron chi connectivity index (χ0n) is 11.0. The first-order valence-corrected chi connectivity index (χ1v) is 7.26. The molecule has 1 aromatic heterocycles. The molecule has 1 heterocycles. The maximum absolute atomic E-state index is 4.48. The molecule has 0 spiro atoms. The van der Waals surface area contributed by atoms with Crippen molar-refractivity contribution in [2.45, 2.75) is 44.2 Å². The number of nitrogens with zero attached hydrogens (tertiary/aromatic N) is 2. The van der Waals surface area contributed by atoms with Crippen molar-refractivity contribution in [3.05, 3.63) is 47.8 Å². The van der Waals surface area contributed by atoms with Gasteiger partial charge in [0.1, 0.15) is 0 Å². The number of fused-ring (bicyclic) bond motifs is 1. The van der Waals surface area contributed by atoms with Crippen molar-refractivity contribution in [3.63, 3.8) is 0 Å². The molecule has 0 aliphatic heterocycles. The smallest absolute Gasteiger partial charge is 0.203 e. The van der Waals surface area contributed by atoms with Crippen LogP contribution in [0.2, 0.25) is 0 Å². The summed E-state index contributed by atoms with van der Waals surface area (Å²) in [6, 6.07) is 10.0. The van der Waals surface area contributed by atoms with E-state index in [0.29, 0.717) is 12.1 Å². The molecular formula is C16H19N3. The lowest BCUT2D eigenvalue weighted by molar-refractivity contribution is 0.597. The number of aromatic nitrogens is 2. The van der Waals surface area contributed by atoms with Crippen molar-refractivity contribution in [1.82, 2.24) is 9.55 Å². The minimum atomic E-state index is 0.523. The van der Waals surface area contributed by atoms with Gasteiger partial charge in [-0.1, -0.05) is 24.3 Å². The van der Waals surface area contributed by atoms with Crippen LogP contribution >= 0.6 is 0 Å². The van der Waals surface area contributed by atoms with Crippen molar-refractivity contribution >= 4 is 5.95 Å². The monoisotopic (exact) mass is 253 g/mol. The second kappa shape index (κ2) is 4.41. The highest BCUT2D eigenvalue weighted by atomic mass is 15.2. The van der Waals surface area contributed by atoms with Crippen molar-refractivity contribution in [3.8, 4) is 0 Å². The van der Waals surface area contributed by atoms with E-state index in [-0.39, 0.29) is 0 Å². The van der Waals surface area contributed by atoms with E-state index in [9.17, 15) is 0 Å². The summed E-state index contributed by atoms with van der Waals surface area (Å²) in [6.45, 7) is 0. The summed E-state index contributed by atoms with van der Waals surface area (Å²) in [4.78, 5) is 4.48. The lowest BCUT2D eigenvalue weighted by atomic mass is 9.88. The first kappa shape index (κ1) is 11.1. The minimum Gasteiger partial charge on any atom is -0.353 e. The molecule has 3 nitrogen and oxygen atoms in total. The molecule has 1 fully saturated rings. The fourth-order valence-corrected chi connectivity index (χ4v) is 3.08. The number of nitrogens with one attached hydrogen (secondary N) is 1. The van der Waals surface area contributed by atoms with Gasteiger partial charge in [-0.05, 0) is 43.2 Å². The highest BCUT2D eigenvalue weighted by molar-refractivity contribution is 5.35. The molecule has 3 heteroatoms. The average molecular weight is 253 g/mol. The SMILES string of the molecule is c1ccc2c(c1)CCC(Nc1nccn1C1CC1)C2. The molecule has 0 bridgehead atoms. The van der Waals surface area contributed by atoms with E-state index >= 15 is 0 Å². The lowest BCUT2D eigenvalue weighted by Crippen LogP contribution is -2.28. The Hall–Kier alpha value is -1.77. The number of rotatable bonds is 3. The van der Waals surface area contributed by atoms with Gasteiger partial charge in [-0.3, -0.25) is 0 Å². The summed E-state index contributed by atoms with van der Waals surface area (Å²) < 4.78 is 2.31. The number of hydrogen-bond acceptors (Lipinski definition) is 2. The predicted octanol–water partition coefficient (Wildman–Crippen LogP) is 3.19. The first-order valence-electron chi connectivity index (χ1n) is 7.26. The average Bonchev–Trinajstić information content (AvgIpc) is 3.19. The summed E-state index contributed by atoms with van der Waals surface area (Å²) in [5.74, 6) is 1.06. The largest absolute Gasteiger partial charge is 0.353 e. The van der Waals surface area contributed by atoms with Gasteiger partial charge in [-0.2, -0.15) is 0 Å². The van der Waals surface area contributed by atoms with Gasteiger partial charge in [0.25, 0.3) is 0 Å². The van der Waals surface area contributed by atoms with Crippen molar-refractivity contribution < 1.29 is 0 Å². The Morgan fingerprint density at radius 3 is 2.79 bits per heavy atom. The Kier molecular flexibility index (Phi) is 2.57. The number of anilines is 1. The van der Waals surface area contributed by atoms with Crippen LogP contribution in [0.1, 0.15) is 36.4 Å². The fourth-order valence-electron chi connectivity index (χ4n) is 3.08. The topological polar surface area (TPSA) is 29.9 Å². The number of benzene rings is 1. The van der Waals surface area contributed by atoms with Crippen LogP contribution < -0.4 is 5.32 Å². The zero-order valence-corrected chi connectivity index (χ0v) is 11.0. The molecular weight excluding hydrogens is 234 g/mol. The predicted molar refractivity (Wildman–Crippen MR) is 76.4 cm³/mol. The normalized spacial score (nSPS) is 22.0. The maximum Gasteiger partial charge on any atom is 0.203 e. The number of hydrogen-bond donors (Lipinski definition) is 1. The minimum absolute atomic E-state index is 0.523. The standard InChI is InChI=1S/C16H19N3/c1-2-4-13-11-14(6-5-12(13)3-1)18-16-17-9-10-19(16)15-7-8-15/h1-4,9-10,14-15H,5-8,11H2,(H,17,18). The molecule has 1 atom stereocenters. The summed E-state index contributed by atoms with van der Waals surface area (Å²) in [6.07, 6.45) is 10.1.